The fourth-order valence-corrected chi connectivity index (χ4v) is 2.44. The third-order valence-corrected chi connectivity index (χ3v) is 3.86. The molecule has 2 rings (SSSR count). The maximum absolute atomic E-state index is 12.0. The predicted octanol–water partition coefficient (Wildman–Crippen LogP) is -0.0849. The van der Waals surface area contributed by atoms with E-state index in [1.807, 2.05) is 37.3 Å². The van der Waals surface area contributed by atoms with Gasteiger partial charge in [-0.25, -0.2) is 0 Å². The average Bonchev–Trinajstić information content (AvgIpc) is 2.58. The zero-order valence-electron chi connectivity index (χ0n) is 13.6. The quantitative estimate of drug-likeness (QED) is 0.698. The molecular formula is C16H23ClN4O3. The van der Waals surface area contributed by atoms with E-state index in [4.69, 9.17) is 5.73 Å². The Labute approximate surface area is 147 Å². The molecule has 8 heteroatoms. The van der Waals surface area contributed by atoms with Crippen molar-refractivity contribution in [1.82, 2.24) is 15.1 Å². The molecule has 1 aliphatic heterocycles. The standard InChI is InChI=1S/C16H22N4O3.ClH/c1-2-19-8-9-20(16(23)15(19)22)11-14(21)18-10-13(17)12-6-4-3-5-7-12;/h3-7,13H,2,8-11,17H2,1H3,(H,18,21);1H. The van der Waals surface area contributed by atoms with Crippen LogP contribution in [0.1, 0.15) is 18.5 Å². The zero-order chi connectivity index (χ0) is 16.8. The first kappa shape index (κ1) is 19.9. The summed E-state index contributed by atoms with van der Waals surface area (Å²) in [5, 5.41) is 2.71. The maximum atomic E-state index is 12.0. The third-order valence-electron chi connectivity index (χ3n) is 3.86. The molecule has 0 aromatic heterocycles. The zero-order valence-corrected chi connectivity index (χ0v) is 14.4. The molecular weight excluding hydrogens is 332 g/mol. The largest absolute Gasteiger partial charge is 0.353 e. The molecule has 3 amide bonds. The van der Waals surface area contributed by atoms with E-state index in [0.29, 0.717) is 19.6 Å². The highest BCUT2D eigenvalue weighted by Gasteiger charge is 2.32. The second kappa shape index (κ2) is 9.24. The van der Waals surface area contributed by atoms with Gasteiger partial charge in [-0.1, -0.05) is 30.3 Å². The van der Waals surface area contributed by atoms with Gasteiger partial charge in [0.25, 0.3) is 0 Å². The number of piperazine rings is 1. The van der Waals surface area contributed by atoms with Crippen LogP contribution in [0.4, 0.5) is 0 Å². The van der Waals surface area contributed by atoms with Crippen LogP contribution >= 0.6 is 12.4 Å². The number of benzene rings is 1. The molecule has 1 saturated heterocycles. The number of nitrogens with zero attached hydrogens (tertiary/aromatic N) is 2. The van der Waals surface area contributed by atoms with E-state index in [2.05, 4.69) is 5.32 Å². The van der Waals surface area contributed by atoms with Crippen molar-refractivity contribution >= 4 is 30.1 Å². The number of hydrogen-bond donors (Lipinski definition) is 2. The van der Waals surface area contributed by atoms with Gasteiger partial charge in [0.05, 0.1) is 0 Å². The van der Waals surface area contributed by atoms with Gasteiger partial charge in [0.2, 0.25) is 5.91 Å². The molecule has 1 aliphatic rings. The Balaban J connectivity index is 0.00000288. The van der Waals surface area contributed by atoms with E-state index in [-0.39, 0.29) is 37.4 Å². The first-order chi connectivity index (χ1) is 11.0. The molecule has 0 saturated carbocycles. The summed E-state index contributed by atoms with van der Waals surface area (Å²) < 4.78 is 0. The highest BCUT2D eigenvalue weighted by Crippen LogP contribution is 2.08. The van der Waals surface area contributed by atoms with Crippen molar-refractivity contribution in [2.24, 2.45) is 5.73 Å². The molecule has 1 atom stereocenters. The van der Waals surface area contributed by atoms with E-state index in [1.54, 1.807) is 0 Å². The predicted molar refractivity (Wildman–Crippen MR) is 92.5 cm³/mol. The minimum Gasteiger partial charge on any atom is -0.353 e. The summed E-state index contributed by atoms with van der Waals surface area (Å²) in [6, 6.07) is 9.14. The second-order valence-corrected chi connectivity index (χ2v) is 5.43. The molecule has 1 unspecified atom stereocenters. The van der Waals surface area contributed by atoms with Gasteiger partial charge in [-0.15, -0.1) is 12.4 Å². The van der Waals surface area contributed by atoms with Gasteiger partial charge in [-0.05, 0) is 12.5 Å². The van der Waals surface area contributed by atoms with E-state index in [9.17, 15) is 14.4 Å². The SMILES string of the molecule is CCN1CCN(CC(=O)NCC(N)c2ccccc2)C(=O)C1=O.Cl. The molecule has 0 radical (unpaired) electrons. The Morgan fingerprint density at radius 1 is 1.17 bits per heavy atom. The number of likely N-dealkylation sites (N-methyl/N-ethyl adjacent to an activating group) is 1. The van der Waals surface area contributed by atoms with Crippen molar-refractivity contribution in [2.75, 3.05) is 32.7 Å². The summed E-state index contributed by atoms with van der Waals surface area (Å²) in [4.78, 5) is 38.4. The van der Waals surface area contributed by atoms with Crippen molar-refractivity contribution in [3.8, 4) is 0 Å². The van der Waals surface area contributed by atoms with Crippen molar-refractivity contribution in [3.05, 3.63) is 35.9 Å². The van der Waals surface area contributed by atoms with Gasteiger partial charge in [-0.2, -0.15) is 0 Å². The molecule has 0 bridgehead atoms. The van der Waals surface area contributed by atoms with E-state index in [1.165, 1.54) is 9.80 Å². The van der Waals surface area contributed by atoms with Gasteiger partial charge in [0, 0.05) is 32.2 Å². The van der Waals surface area contributed by atoms with Gasteiger partial charge < -0.3 is 20.9 Å². The average molecular weight is 355 g/mol. The maximum Gasteiger partial charge on any atom is 0.312 e. The first-order valence-corrected chi connectivity index (χ1v) is 7.68. The Kier molecular flexibility index (Phi) is 7.67. The van der Waals surface area contributed by atoms with Crippen LogP contribution < -0.4 is 11.1 Å². The molecule has 3 N–H and O–H groups in total. The van der Waals surface area contributed by atoms with E-state index >= 15 is 0 Å². The molecule has 24 heavy (non-hydrogen) atoms. The number of carbonyl (C=O) groups excluding carboxylic acids is 3. The van der Waals surface area contributed by atoms with Gasteiger partial charge in [0.1, 0.15) is 6.54 Å². The lowest BCUT2D eigenvalue weighted by atomic mass is 10.1. The number of carbonyl (C=O) groups is 3. The topological polar surface area (TPSA) is 95.7 Å². The number of rotatable bonds is 6. The van der Waals surface area contributed by atoms with Crippen molar-refractivity contribution in [1.29, 1.82) is 0 Å². The molecule has 1 heterocycles. The minimum absolute atomic E-state index is 0. The van der Waals surface area contributed by atoms with E-state index < -0.39 is 11.8 Å². The molecule has 0 spiro atoms. The van der Waals surface area contributed by atoms with Crippen molar-refractivity contribution in [3.63, 3.8) is 0 Å². The Morgan fingerprint density at radius 3 is 2.38 bits per heavy atom. The van der Waals surface area contributed by atoms with Crippen LogP contribution in [0.2, 0.25) is 0 Å². The van der Waals surface area contributed by atoms with Crippen molar-refractivity contribution in [2.45, 2.75) is 13.0 Å². The van der Waals surface area contributed by atoms with Gasteiger partial charge >= 0.3 is 11.8 Å². The third kappa shape index (κ3) is 4.94. The summed E-state index contributed by atoms with van der Waals surface area (Å²) in [6.07, 6.45) is 0. The highest BCUT2D eigenvalue weighted by molar-refractivity contribution is 6.35. The minimum atomic E-state index is -0.624. The van der Waals surface area contributed by atoms with Crippen LogP contribution in [0.5, 0.6) is 0 Å². The Hall–Kier alpha value is -2.12. The fourth-order valence-electron chi connectivity index (χ4n) is 2.44. The Bertz CT molecular complexity index is 582. The summed E-state index contributed by atoms with van der Waals surface area (Å²) in [6.45, 7) is 3.30. The molecule has 1 fully saturated rings. The molecule has 1 aromatic carbocycles. The lowest BCUT2D eigenvalue weighted by Gasteiger charge is -2.32. The van der Waals surface area contributed by atoms with Crippen molar-refractivity contribution < 1.29 is 14.4 Å². The summed E-state index contributed by atoms with van der Waals surface area (Å²) in [5.74, 6) is -1.49. The van der Waals surface area contributed by atoms with Crippen LogP contribution in [0.3, 0.4) is 0 Å². The molecule has 1 aromatic rings. The number of nitrogens with two attached hydrogens (primary N) is 1. The normalized spacial score (nSPS) is 15.8. The molecule has 0 aliphatic carbocycles. The van der Waals surface area contributed by atoms with Crippen LogP contribution in [0, 0.1) is 0 Å². The van der Waals surface area contributed by atoms with Crippen LogP contribution in [0.15, 0.2) is 30.3 Å². The lowest BCUT2D eigenvalue weighted by molar-refractivity contribution is -0.156. The van der Waals surface area contributed by atoms with Crippen LogP contribution in [-0.4, -0.2) is 60.2 Å². The number of halogens is 1. The summed E-state index contributed by atoms with van der Waals surface area (Å²) in [7, 11) is 0. The number of nitrogens with one attached hydrogen (secondary N) is 1. The smallest absolute Gasteiger partial charge is 0.312 e. The monoisotopic (exact) mass is 354 g/mol. The highest BCUT2D eigenvalue weighted by atomic mass is 35.5. The fraction of sp³-hybridized carbons (Fsp3) is 0.438. The molecule has 132 valence electrons. The molecule has 7 nitrogen and oxygen atoms in total. The van der Waals surface area contributed by atoms with E-state index in [0.717, 1.165) is 5.56 Å². The first-order valence-electron chi connectivity index (χ1n) is 7.68. The Morgan fingerprint density at radius 2 is 1.75 bits per heavy atom. The van der Waals surface area contributed by atoms with Gasteiger partial charge in [0.15, 0.2) is 0 Å². The van der Waals surface area contributed by atoms with Crippen LogP contribution in [-0.2, 0) is 14.4 Å². The van der Waals surface area contributed by atoms with Gasteiger partial charge in [-0.3, -0.25) is 14.4 Å². The summed E-state index contributed by atoms with van der Waals surface area (Å²) in [5.41, 5.74) is 6.93. The number of amides is 3. The van der Waals surface area contributed by atoms with Crippen LogP contribution in [0.25, 0.3) is 0 Å². The number of hydrogen-bond acceptors (Lipinski definition) is 4. The second-order valence-electron chi connectivity index (χ2n) is 5.43. The summed E-state index contributed by atoms with van der Waals surface area (Å²) >= 11 is 0. The lowest BCUT2D eigenvalue weighted by Crippen LogP contribution is -2.56.